The number of benzene rings is 1. The fourth-order valence-corrected chi connectivity index (χ4v) is 3.49. The van der Waals surface area contributed by atoms with Gasteiger partial charge in [0.25, 0.3) is 5.56 Å². The van der Waals surface area contributed by atoms with Crippen molar-refractivity contribution in [2.24, 2.45) is 5.92 Å². The molecule has 1 aromatic carbocycles. The van der Waals surface area contributed by atoms with Gasteiger partial charge in [0.15, 0.2) is 4.77 Å². The molecule has 1 heterocycles. The molecule has 0 saturated heterocycles. The van der Waals surface area contributed by atoms with Crippen LogP contribution in [0.5, 0.6) is 0 Å². The maximum atomic E-state index is 12.7. The second-order valence-electron chi connectivity index (χ2n) is 5.48. The van der Waals surface area contributed by atoms with Crippen molar-refractivity contribution in [3.8, 4) is 0 Å². The molecule has 2 aromatic rings. The van der Waals surface area contributed by atoms with Crippen molar-refractivity contribution in [3.63, 3.8) is 0 Å². The van der Waals surface area contributed by atoms with Crippen molar-refractivity contribution in [3.05, 3.63) is 39.4 Å². The molecule has 1 N–H and O–H groups in total. The summed E-state index contributed by atoms with van der Waals surface area (Å²) in [5.74, 6) is 0.516. The van der Waals surface area contributed by atoms with Gasteiger partial charge in [-0.1, -0.05) is 31.9 Å². The SMILES string of the molecule is C[C@H]1CCCC[C@H]1n1c(=S)[nH]c2ccccc2c1=O. The highest BCUT2D eigenvalue weighted by atomic mass is 32.1. The number of fused-ring (bicyclic) bond motifs is 1. The Morgan fingerprint density at radius 3 is 2.79 bits per heavy atom. The van der Waals surface area contributed by atoms with Gasteiger partial charge < -0.3 is 4.98 Å². The van der Waals surface area contributed by atoms with Crippen LogP contribution >= 0.6 is 12.2 Å². The van der Waals surface area contributed by atoms with E-state index in [4.69, 9.17) is 12.2 Å². The van der Waals surface area contributed by atoms with Crippen molar-refractivity contribution < 1.29 is 0 Å². The van der Waals surface area contributed by atoms with E-state index in [0.717, 1.165) is 17.3 Å². The van der Waals surface area contributed by atoms with Crippen molar-refractivity contribution in [2.75, 3.05) is 0 Å². The van der Waals surface area contributed by atoms with Gasteiger partial charge in [0.2, 0.25) is 0 Å². The van der Waals surface area contributed by atoms with Gasteiger partial charge in [-0.05, 0) is 43.1 Å². The zero-order chi connectivity index (χ0) is 13.4. The number of para-hydroxylation sites is 1. The minimum atomic E-state index is 0.0538. The molecule has 0 aliphatic heterocycles. The highest BCUT2D eigenvalue weighted by Crippen LogP contribution is 2.32. The third kappa shape index (κ3) is 2.14. The summed E-state index contributed by atoms with van der Waals surface area (Å²) >= 11 is 5.41. The van der Waals surface area contributed by atoms with E-state index in [2.05, 4.69) is 11.9 Å². The number of H-pyrrole nitrogens is 1. The van der Waals surface area contributed by atoms with Crippen LogP contribution in [0.2, 0.25) is 0 Å². The second-order valence-corrected chi connectivity index (χ2v) is 5.87. The lowest BCUT2D eigenvalue weighted by atomic mass is 9.86. The Bertz CT molecular complexity index is 716. The van der Waals surface area contributed by atoms with Crippen molar-refractivity contribution in [1.29, 1.82) is 0 Å². The normalized spacial score (nSPS) is 23.6. The first kappa shape index (κ1) is 12.6. The monoisotopic (exact) mass is 274 g/mol. The van der Waals surface area contributed by atoms with Crippen LogP contribution < -0.4 is 5.56 Å². The van der Waals surface area contributed by atoms with Crippen LogP contribution in [0, 0.1) is 10.7 Å². The third-order valence-corrected chi connectivity index (χ3v) is 4.53. The number of aromatic amines is 1. The smallest absolute Gasteiger partial charge is 0.262 e. The zero-order valence-corrected chi connectivity index (χ0v) is 11.9. The lowest BCUT2D eigenvalue weighted by Crippen LogP contribution is -2.31. The Labute approximate surface area is 117 Å². The molecule has 1 saturated carbocycles. The molecule has 4 heteroatoms. The molecule has 1 aliphatic rings. The molecule has 1 aliphatic carbocycles. The summed E-state index contributed by atoms with van der Waals surface area (Å²) in [6, 6.07) is 7.83. The number of nitrogens with one attached hydrogen (secondary N) is 1. The van der Waals surface area contributed by atoms with Gasteiger partial charge in [0, 0.05) is 6.04 Å². The van der Waals surface area contributed by atoms with Crippen molar-refractivity contribution in [2.45, 2.75) is 38.6 Å². The third-order valence-electron chi connectivity index (χ3n) is 4.23. The highest BCUT2D eigenvalue weighted by Gasteiger charge is 2.25. The first-order chi connectivity index (χ1) is 9.18. The molecule has 0 unspecified atom stereocenters. The predicted molar refractivity (Wildman–Crippen MR) is 80.1 cm³/mol. The average Bonchev–Trinajstić information content (AvgIpc) is 2.41. The maximum absolute atomic E-state index is 12.7. The minimum absolute atomic E-state index is 0.0538. The molecule has 0 amide bonds. The van der Waals surface area contributed by atoms with Crippen molar-refractivity contribution >= 4 is 23.1 Å². The van der Waals surface area contributed by atoms with Crippen LogP contribution in [0.3, 0.4) is 0 Å². The fraction of sp³-hybridized carbons (Fsp3) is 0.467. The van der Waals surface area contributed by atoms with E-state index in [1.165, 1.54) is 19.3 Å². The summed E-state index contributed by atoms with van der Waals surface area (Å²) in [4.78, 5) is 15.9. The van der Waals surface area contributed by atoms with E-state index in [1.807, 2.05) is 28.8 Å². The molecule has 3 rings (SSSR count). The standard InChI is InChI=1S/C15H18N2OS/c1-10-6-2-5-9-13(10)17-14(18)11-7-3-4-8-12(11)16-15(17)19/h3-4,7-8,10,13H,2,5-6,9H2,1H3,(H,16,19)/t10-,13+/m0/s1. The molecular weight excluding hydrogens is 256 g/mol. The molecule has 1 aromatic heterocycles. The van der Waals surface area contributed by atoms with E-state index in [-0.39, 0.29) is 11.6 Å². The second kappa shape index (κ2) is 4.93. The molecule has 3 nitrogen and oxygen atoms in total. The Kier molecular flexibility index (Phi) is 3.27. The summed E-state index contributed by atoms with van der Waals surface area (Å²) < 4.78 is 2.36. The fourth-order valence-electron chi connectivity index (χ4n) is 3.16. The summed E-state index contributed by atoms with van der Waals surface area (Å²) in [6.07, 6.45) is 4.68. The lowest BCUT2D eigenvalue weighted by Gasteiger charge is -2.30. The molecule has 19 heavy (non-hydrogen) atoms. The number of nitrogens with zero attached hydrogens (tertiary/aromatic N) is 1. The van der Waals surface area contributed by atoms with E-state index in [9.17, 15) is 4.79 Å². The van der Waals surface area contributed by atoms with Gasteiger partial charge in [-0.2, -0.15) is 0 Å². The quantitative estimate of drug-likeness (QED) is 0.803. The zero-order valence-electron chi connectivity index (χ0n) is 11.1. The van der Waals surface area contributed by atoms with Crippen molar-refractivity contribution in [1.82, 2.24) is 9.55 Å². The van der Waals surface area contributed by atoms with Crippen LogP contribution in [-0.4, -0.2) is 9.55 Å². The van der Waals surface area contributed by atoms with Gasteiger partial charge in [0.1, 0.15) is 0 Å². The first-order valence-corrected chi connectivity index (χ1v) is 7.33. The molecular formula is C15H18N2OS. The van der Waals surface area contributed by atoms with Gasteiger partial charge in [0.05, 0.1) is 10.9 Å². The van der Waals surface area contributed by atoms with E-state index < -0.39 is 0 Å². The topological polar surface area (TPSA) is 37.8 Å². The molecule has 2 atom stereocenters. The van der Waals surface area contributed by atoms with Crippen LogP contribution in [0.25, 0.3) is 10.9 Å². The van der Waals surface area contributed by atoms with Gasteiger partial charge >= 0.3 is 0 Å². The minimum Gasteiger partial charge on any atom is -0.332 e. The summed E-state index contributed by atoms with van der Waals surface area (Å²) in [5.41, 5.74) is 0.885. The molecule has 0 spiro atoms. The van der Waals surface area contributed by atoms with E-state index in [1.54, 1.807) is 0 Å². The number of rotatable bonds is 1. The van der Waals surface area contributed by atoms with Gasteiger partial charge in [-0.25, -0.2) is 0 Å². The van der Waals surface area contributed by atoms with Crippen LogP contribution in [0.15, 0.2) is 29.1 Å². The highest BCUT2D eigenvalue weighted by molar-refractivity contribution is 7.71. The number of hydrogen-bond donors (Lipinski definition) is 1. The molecule has 100 valence electrons. The van der Waals surface area contributed by atoms with Gasteiger partial charge in [-0.3, -0.25) is 9.36 Å². The van der Waals surface area contributed by atoms with Crippen LogP contribution in [-0.2, 0) is 0 Å². The van der Waals surface area contributed by atoms with E-state index in [0.29, 0.717) is 10.7 Å². The largest absolute Gasteiger partial charge is 0.332 e. The molecule has 1 fully saturated rings. The molecule has 0 bridgehead atoms. The Balaban J connectivity index is 2.23. The number of hydrogen-bond acceptors (Lipinski definition) is 2. The molecule has 0 radical (unpaired) electrons. The number of aromatic nitrogens is 2. The maximum Gasteiger partial charge on any atom is 0.262 e. The first-order valence-electron chi connectivity index (χ1n) is 6.92. The van der Waals surface area contributed by atoms with Crippen LogP contribution in [0.4, 0.5) is 0 Å². The Morgan fingerprint density at radius 1 is 1.26 bits per heavy atom. The Hall–Kier alpha value is -1.42. The lowest BCUT2D eigenvalue weighted by molar-refractivity contribution is 0.249. The Morgan fingerprint density at radius 2 is 2.00 bits per heavy atom. The average molecular weight is 274 g/mol. The van der Waals surface area contributed by atoms with Gasteiger partial charge in [-0.15, -0.1) is 0 Å². The van der Waals surface area contributed by atoms with E-state index >= 15 is 0 Å². The summed E-state index contributed by atoms with van der Waals surface area (Å²) in [7, 11) is 0. The predicted octanol–water partition coefficient (Wildman–Crippen LogP) is 3.81. The summed E-state index contributed by atoms with van der Waals surface area (Å²) in [6.45, 7) is 2.22. The summed E-state index contributed by atoms with van der Waals surface area (Å²) in [5, 5.41) is 0.730. The van der Waals surface area contributed by atoms with Crippen LogP contribution in [0.1, 0.15) is 38.6 Å².